The average molecular weight is 590 g/mol. The van der Waals surface area contributed by atoms with Gasteiger partial charge in [-0.05, 0) is 18.2 Å². The number of carbonyl (C=O) groups is 1. The molecular formula is C15H5Cl2F16NO. The van der Waals surface area contributed by atoms with E-state index in [0.717, 1.165) is 11.4 Å². The highest BCUT2D eigenvalue weighted by Crippen LogP contribution is 2.62. The zero-order valence-corrected chi connectivity index (χ0v) is 17.0. The van der Waals surface area contributed by atoms with Gasteiger partial charge in [-0.2, -0.15) is 61.5 Å². The molecule has 1 rings (SSSR count). The maximum Gasteiger partial charge on any atom is 0.393 e. The SMILES string of the molecule is O=C(Nc1cc(Cl)cc(Cl)c1)C(F)(F)C(F)(F)C(F)(F)C(F)(F)C(F)(F)C(F)(F)C(F)(F)C(F)F. The van der Waals surface area contributed by atoms with E-state index in [1.807, 2.05) is 0 Å². The predicted octanol–water partition coefficient (Wildman–Crippen LogP) is 7.64. The van der Waals surface area contributed by atoms with Crippen LogP contribution >= 0.6 is 23.2 Å². The topological polar surface area (TPSA) is 29.1 Å². The lowest BCUT2D eigenvalue weighted by Gasteiger charge is -2.42. The maximum absolute atomic E-state index is 13.8. The second-order valence-corrected chi connectivity index (χ2v) is 7.36. The number of nitrogens with one attached hydrogen (secondary N) is 1. The van der Waals surface area contributed by atoms with Crippen LogP contribution in [0.15, 0.2) is 18.2 Å². The van der Waals surface area contributed by atoms with Gasteiger partial charge in [0.2, 0.25) is 0 Å². The number of carbonyl (C=O) groups excluding carboxylic acids is 1. The van der Waals surface area contributed by atoms with E-state index in [1.165, 1.54) is 0 Å². The fourth-order valence-corrected chi connectivity index (χ4v) is 2.64. The van der Waals surface area contributed by atoms with Crippen molar-refractivity contribution in [1.82, 2.24) is 0 Å². The normalized spacial score (nSPS) is 14.9. The quantitative estimate of drug-likeness (QED) is 0.295. The monoisotopic (exact) mass is 589 g/mol. The highest BCUT2D eigenvalue weighted by atomic mass is 35.5. The molecule has 2 nitrogen and oxygen atoms in total. The first kappa shape index (κ1) is 31.2. The molecule has 0 fully saturated rings. The number of benzene rings is 1. The Labute approximate surface area is 192 Å². The third kappa shape index (κ3) is 4.55. The summed E-state index contributed by atoms with van der Waals surface area (Å²) in [7, 11) is 0. The third-order valence-corrected chi connectivity index (χ3v) is 4.51. The predicted molar refractivity (Wildman–Crippen MR) is 85.7 cm³/mol. The minimum Gasteiger partial charge on any atom is -0.321 e. The van der Waals surface area contributed by atoms with Gasteiger partial charge in [0.05, 0.1) is 0 Å². The van der Waals surface area contributed by atoms with Gasteiger partial charge in [-0.15, -0.1) is 0 Å². The summed E-state index contributed by atoms with van der Waals surface area (Å²) in [5, 5.41) is -0.294. The Balaban J connectivity index is 3.56. The summed E-state index contributed by atoms with van der Waals surface area (Å²) in [6.45, 7) is 0. The molecule has 1 N–H and O–H groups in total. The van der Waals surface area contributed by atoms with Gasteiger partial charge in [0.25, 0.3) is 0 Å². The molecule has 0 heterocycles. The van der Waals surface area contributed by atoms with Crippen LogP contribution in [0.25, 0.3) is 0 Å². The molecule has 1 amide bonds. The molecule has 0 spiro atoms. The number of hydrogen-bond acceptors (Lipinski definition) is 1. The summed E-state index contributed by atoms with van der Waals surface area (Å²) in [5.74, 6) is -60.1. The second-order valence-electron chi connectivity index (χ2n) is 6.48. The fourth-order valence-electron chi connectivity index (χ4n) is 2.11. The first-order valence-corrected chi connectivity index (χ1v) is 8.69. The zero-order chi connectivity index (χ0) is 28.2. The molecule has 0 aromatic heterocycles. The summed E-state index contributed by atoms with van der Waals surface area (Å²) in [5.41, 5.74) is -1.08. The van der Waals surface area contributed by atoms with Crippen LogP contribution in [0.5, 0.6) is 0 Å². The summed E-state index contributed by atoms with van der Waals surface area (Å²) in [6, 6.07) is 1.75. The highest BCUT2D eigenvalue weighted by Gasteiger charge is 2.94. The van der Waals surface area contributed by atoms with Crippen molar-refractivity contribution in [2.75, 3.05) is 5.32 Å². The second kappa shape index (κ2) is 8.92. The van der Waals surface area contributed by atoms with Crippen LogP contribution in [0, 0.1) is 0 Å². The van der Waals surface area contributed by atoms with Gasteiger partial charge < -0.3 is 5.32 Å². The van der Waals surface area contributed by atoms with E-state index >= 15 is 0 Å². The minimum absolute atomic E-state index is 0.452. The number of rotatable bonds is 9. The Morgan fingerprint density at radius 1 is 0.629 bits per heavy atom. The minimum atomic E-state index is -8.59. The first-order chi connectivity index (χ1) is 15.2. The molecule has 0 saturated carbocycles. The Bertz CT molecular complexity index is 944. The Hall–Kier alpha value is -1.85. The van der Waals surface area contributed by atoms with Crippen LogP contribution in [0.3, 0.4) is 0 Å². The molecule has 0 atom stereocenters. The van der Waals surface area contributed by atoms with Crippen LogP contribution < -0.4 is 5.32 Å². The molecule has 0 radical (unpaired) electrons. The number of alkyl halides is 16. The van der Waals surface area contributed by atoms with Crippen molar-refractivity contribution >= 4 is 34.8 Å². The summed E-state index contributed by atoms with van der Waals surface area (Å²) >= 11 is 10.7. The van der Waals surface area contributed by atoms with Crippen molar-refractivity contribution in [2.45, 2.75) is 47.9 Å². The summed E-state index contributed by atoms with van der Waals surface area (Å²) in [4.78, 5) is 11.4. The molecule has 0 aliphatic carbocycles. The van der Waals surface area contributed by atoms with Crippen LogP contribution in [-0.2, 0) is 4.79 Å². The van der Waals surface area contributed by atoms with Crippen molar-refractivity contribution in [3.63, 3.8) is 0 Å². The number of halogens is 18. The van der Waals surface area contributed by atoms with Crippen LogP contribution in [-0.4, -0.2) is 53.8 Å². The van der Waals surface area contributed by atoms with Crippen LogP contribution in [0.2, 0.25) is 10.0 Å². The summed E-state index contributed by atoms with van der Waals surface area (Å²) in [6.07, 6.45) is -5.94. The van der Waals surface area contributed by atoms with E-state index in [-0.39, 0.29) is 0 Å². The van der Waals surface area contributed by atoms with Gasteiger partial charge in [-0.25, -0.2) is 8.78 Å². The molecule has 0 bridgehead atoms. The van der Waals surface area contributed by atoms with E-state index in [1.54, 1.807) is 0 Å². The molecule has 0 saturated heterocycles. The fraction of sp³-hybridized carbons (Fsp3) is 0.533. The molecule has 202 valence electrons. The lowest BCUT2D eigenvalue weighted by atomic mass is 9.89. The highest BCUT2D eigenvalue weighted by molar-refractivity contribution is 6.35. The van der Waals surface area contributed by atoms with E-state index < -0.39 is 69.5 Å². The van der Waals surface area contributed by atoms with Crippen molar-refractivity contribution in [1.29, 1.82) is 0 Å². The van der Waals surface area contributed by atoms with Crippen LogP contribution in [0.1, 0.15) is 0 Å². The van der Waals surface area contributed by atoms with Gasteiger partial charge in [-0.1, -0.05) is 23.2 Å². The smallest absolute Gasteiger partial charge is 0.321 e. The van der Waals surface area contributed by atoms with E-state index in [9.17, 15) is 75.0 Å². The molecule has 1 aromatic carbocycles. The third-order valence-electron chi connectivity index (χ3n) is 4.07. The number of hydrogen-bond donors (Lipinski definition) is 1. The van der Waals surface area contributed by atoms with Gasteiger partial charge in [-0.3, -0.25) is 4.79 Å². The van der Waals surface area contributed by atoms with E-state index in [4.69, 9.17) is 23.2 Å². The van der Waals surface area contributed by atoms with Gasteiger partial charge in [0.15, 0.2) is 0 Å². The molecule has 1 aromatic rings. The van der Waals surface area contributed by atoms with E-state index in [0.29, 0.717) is 12.1 Å². The molecule has 20 heteroatoms. The van der Waals surface area contributed by atoms with Crippen molar-refractivity contribution in [2.24, 2.45) is 0 Å². The van der Waals surface area contributed by atoms with E-state index in [2.05, 4.69) is 0 Å². The zero-order valence-electron chi connectivity index (χ0n) is 15.5. The average Bonchev–Trinajstić information content (AvgIpc) is 2.65. The van der Waals surface area contributed by atoms with Crippen molar-refractivity contribution in [3.8, 4) is 0 Å². The van der Waals surface area contributed by atoms with Gasteiger partial charge in [0.1, 0.15) is 0 Å². The van der Waals surface area contributed by atoms with Gasteiger partial charge >= 0.3 is 53.8 Å². The Morgan fingerprint density at radius 3 is 1.34 bits per heavy atom. The first-order valence-electron chi connectivity index (χ1n) is 7.94. The lowest BCUT2D eigenvalue weighted by molar-refractivity contribution is -0.443. The molecule has 0 aliphatic heterocycles. The molecular weight excluding hydrogens is 585 g/mol. The lowest BCUT2D eigenvalue weighted by Crippen LogP contribution is -2.74. The Morgan fingerprint density at radius 2 is 0.971 bits per heavy atom. The largest absolute Gasteiger partial charge is 0.393 e. The maximum atomic E-state index is 13.8. The van der Waals surface area contributed by atoms with Crippen molar-refractivity contribution in [3.05, 3.63) is 28.2 Å². The van der Waals surface area contributed by atoms with Gasteiger partial charge in [0, 0.05) is 15.7 Å². The number of amides is 1. The molecule has 0 unspecified atom stereocenters. The summed E-state index contributed by atoms with van der Waals surface area (Å²) < 4.78 is 212. The Kier molecular flexibility index (Phi) is 7.94. The number of anilines is 1. The molecule has 35 heavy (non-hydrogen) atoms. The molecule has 0 aliphatic rings. The van der Waals surface area contributed by atoms with Crippen LogP contribution in [0.4, 0.5) is 75.9 Å². The van der Waals surface area contributed by atoms with Crippen molar-refractivity contribution < 1.29 is 75.0 Å². The standard InChI is InChI=1S/C15H5Cl2F16NO/c16-4-1-5(17)3-6(2-4)34-8(35)10(22,23)12(26,27)14(30,31)15(32,33)13(28,29)11(24,25)9(20,21)7(18)19/h1-3,7H,(H,34,35).